The second kappa shape index (κ2) is 9.01. The van der Waals surface area contributed by atoms with Crippen molar-refractivity contribution in [1.82, 2.24) is 10.3 Å². The highest BCUT2D eigenvalue weighted by Gasteiger charge is 2.21. The van der Waals surface area contributed by atoms with Gasteiger partial charge in [-0.3, -0.25) is 9.59 Å². The molecule has 3 N–H and O–H groups in total. The molecule has 1 saturated heterocycles. The summed E-state index contributed by atoms with van der Waals surface area (Å²) in [5.74, 6) is 0.309. The van der Waals surface area contributed by atoms with E-state index in [2.05, 4.69) is 20.5 Å². The van der Waals surface area contributed by atoms with Gasteiger partial charge in [-0.2, -0.15) is 5.26 Å². The molecule has 0 radical (unpaired) electrons. The molecule has 0 spiro atoms. The molecule has 1 aliphatic heterocycles. The number of carbonyl (C=O) groups excluding carboxylic acids is 1. The number of amides is 1. The number of hydrogen-bond acceptors (Lipinski definition) is 5. The molecule has 1 fully saturated rings. The van der Waals surface area contributed by atoms with Gasteiger partial charge in [-0.15, -0.1) is 0 Å². The first-order chi connectivity index (χ1) is 13.9. The number of carbonyl (C=O) groups is 1. The van der Waals surface area contributed by atoms with Crippen LogP contribution in [0.3, 0.4) is 0 Å². The fraction of sp³-hybridized carbons (Fsp3) is 0.381. The standard InChI is InChI=1S/C21H24ClN5O2/c1-3-24-18-9-14(22)8-16(13(18)2)21(29)25-12-17-19(28)10-15(11-23)26-20(17)27-6-4-5-7-27/h8-10,24H,3-7,12H2,1-2H3,(H,25,29)(H,26,28). The second-order valence-electron chi connectivity index (χ2n) is 7.02. The number of aromatic nitrogens is 1. The highest BCUT2D eigenvalue weighted by Crippen LogP contribution is 2.25. The van der Waals surface area contributed by atoms with Crippen LogP contribution in [0.1, 0.15) is 46.9 Å². The predicted molar refractivity (Wildman–Crippen MR) is 115 cm³/mol. The minimum atomic E-state index is -0.305. The molecule has 1 aromatic carbocycles. The Bertz CT molecular complexity index is 1020. The van der Waals surface area contributed by atoms with Crippen molar-refractivity contribution in [2.75, 3.05) is 29.9 Å². The fourth-order valence-electron chi connectivity index (χ4n) is 3.57. The van der Waals surface area contributed by atoms with Gasteiger partial charge in [0.1, 0.15) is 17.6 Å². The number of hydrogen-bond donors (Lipinski definition) is 3. The number of rotatable bonds is 6. The summed E-state index contributed by atoms with van der Waals surface area (Å²) in [6.07, 6.45) is 2.05. The minimum absolute atomic E-state index is 0.0637. The third-order valence-electron chi connectivity index (χ3n) is 5.06. The molecule has 0 bridgehead atoms. The first-order valence-corrected chi connectivity index (χ1v) is 10.1. The van der Waals surface area contributed by atoms with Gasteiger partial charge in [0.15, 0.2) is 5.43 Å². The number of pyridine rings is 1. The molecule has 0 aliphatic carbocycles. The minimum Gasteiger partial charge on any atom is -0.385 e. The van der Waals surface area contributed by atoms with E-state index in [1.54, 1.807) is 12.1 Å². The van der Waals surface area contributed by atoms with Crippen LogP contribution >= 0.6 is 11.6 Å². The maximum atomic E-state index is 12.8. The van der Waals surface area contributed by atoms with Gasteiger partial charge in [0, 0.05) is 42.0 Å². The Balaban J connectivity index is 1.88. The third-order valence-corrected chi connectivity index (χ3v) is 5.28. The Hall–Kier alpha value is -2.98. The molecule has 1 aromatic heterocycles. The van der Waals surface area contributed by atoms with Gasteiger partial charge in [-0.25, -0.2) is 0 Å². The lowest BCUT2D eigenvalue weighted by Crippen LogP contribution is -2.31. The molecule has 0 unspecified atom stereocenters. The first-order valence-electron chi connectivity index (χ1n) is 9.68. The van der Waals surface area contributed by atoms with Crippen LogP contribution in [0.25, 0.3) is 0 Å². The largest absolute Gasteiger partial charge is 0.385 e. The number of halogens is 1. The molecular weight excluding hydrogens is 390 g/mol. The highest BCUT2D eigenvalue weighted by molar-refractivity contribution is 6.31. The van der Waals surface area contributed by atoms with Gasteiger partial charge in [-0.1, -0.05) is 11.6 Å². The Kier molecular flexibility index (Phi) is 6.45. The van der Waals surface area contributed by atoms with Crippen molar-refractivity contribution >= 4 is 29.0 Å². The molecule has 29 heavy (non-hydrogen) atoms. The van der Waals surface area contributed by atoms with Crippen molar-refractivity contribution in [3.8, 4) is 6.07 Å². The lowest BCUT2D eigenvalue weighted by Gasteiger charge is -2.21. The van der Waals surface area contributed by atoms with Crippen molar-refractivity contribution in [3.05, 3.63) is 55.8 Å². The van der Waals surface area contributed by atoms with Crippen LogP contribution in [0.4, 0.5) is 11.5 Å². The van der Waals surface area contributed by atoms with Crippen molar-refractivity contribution in [3.63, 3.8) is 0 Å². The van der Waals surface area contributed by atoms with Gasteiger partial charge in [-0.05, 0) is 44.4 Å². The number of anilines is 2. The van der Waals surface area contributed by atoms with Gasteiger partial charge in [0.25, 0.3) is 5.91 Å². The Morgan fingerprint density at radius 1 is 1.31 bits per heavy atom. The molecule has 0 saturated carbocycles. The zero-order valence-electron chi connectivity index (χ0n) is 16.6. The van der Waals surface area contributed by atoms with Crippen LogP contribution in [-0.4, -0.2) is 30.5 Å². The first kappa shape index (κ1) is 20.7. The lowest BCUT2D eigenvalue weighted by atomic mass is 10.1. The number of benzene rings is 1. The van der Waals surface area contributed by atoms with E-state index >= 15 is 0 Å². The Morgan fingerprint density at radius 3 is 2.69 bits per heavy atom. The van der Waals surface area contributed by atoms with Gasteiger partial charge >= 0.3 is 0 Å². The summed E-state index contributed by atoms with van der Waals surface area (Å²) >= 11 is 6.18. The molecule has 152 valence electrons. The lowest BCUT2D eigenvalue weighted by molar-refractivity contribution is 0.0950. The van der Waals surface area contributed by atoms with Crippen LogP contribution in [0.5, 0.6) is 0 Å². The van der Waals surface area contributed by atoms with Crippen LogP contribution in [0.15, 0.2) is 23.0 Å². The topological polar surface area (TPSA) is 101 Å². The van der Waals surface area contributed by atoms with Crippen molar-refractivity contribution < 1.29 is 4.79 Å². The number of aromatic amines is 1. The summed E-state index contributed by atoms with van der Waals surface area (Å²) in [5, 5.41) is 15.7. The summed E-state index contributed by atoms with van der Waals surface area (Å²) in [6, 6.07) is 6.67. The van der Waals surface area contributed by atoms with Crippen molar-refractivity contribution in [2.24, 2.45) is 0 Å². The van der Waals surface area contributed by atoms with E-state index in [0.717, 1.165) is 37.2 Å². The number of H-pyrrole nitrogens is 1. The molecule has 0 atom stereocenters. The van der Waals surface area contributed by atoms with E-state index in [9.17, 15) is 14.9 Å². The SMILES string of the molecule is CCNc1cc(Cl)cc(C(=O)NCc2c(N3CCCC3)[nH]c(C#N)cc2=O)c1C. The summed E-state index contributed by atoms with van der Waals surface area (Å²) in [7, 11) is 0. The summed E-state index contributed by atoms with van der Waals surface area (Å²) in [6.45, 7) is 6.22. The number of nitriles is 1. The van der Waals surface area contributed by atoms with E-state index in [1.807, 2.05) is 19.9 Å². The Morgan fingerprint density at radius 2 is 2.03 bits per heavy atom. The average Bonchev–Trinajstić information content (AvgIpc) is 3.23. The zero-order chi connectivity index (χ0) is 21.0. The van der Waals surface area contributed by atoms with Gasteiger partial charge in [0.05, 0.1) is 12.1 Å². The average molecular weight is 414 g/mol. The summed E-state index contributed by atoms with van der Waals surface area (Å²) in [4.78, 5) is 30.5. The molecule has 2 heterocycles. The van der Waals surface area contributed by atoms with E-state index in [0.29, 0.717) is 28.5 Å². The van der Waals surface area contributed by atoms with Crippen LogP contribution in [0, 0.1) is 18.3 Å². The van der Waals surface area contributed by atoms with E-state index in [4.69, 9.17) is 11.6 Å². The predicted octanol–water partition coefficient (Wildman–Crippen LogP) is 3.17. The van der Waals surface area contributed by atoms with Crippen molar-refractivity contribution in [2.45, 2.75) is 33.2 Å². The third kappa shape index (κ3) is 4.54. The quantitative estimate of drug-likeness (QED) is 0.675. The number of nitrogens with zero attached hydrogens (tertiary/aromatic N) is 2. The molecule has 3 rings (SSSR count). The smallest absolute Gasteiger partial charge is 0.251 e. The molecule has 8 heteroatoms. The molecular formula is C21H24ClN5O2. The molecule has 1 aliphatic rings. The maximum absolute atomic E-state index is 12.8. The van der Waals surface area contributed by atoms with Crippen LogP contribution < -0.4 is 21.0 Å². The van der Waals surface area contributed by atoms with Gasteiger partial charge < -0.3 is 20.5 Å². The second-order valence-corrected chi connectivity index (χ2v) is 7.46. The summed E-state index contributed by atoms with van der Waals surface area (Å²) < 4.78 is 0. The van der Waals surface area contributed by atoms with E-state index < -0.39 is 0 Å². The number of nitrogens with one attached hydrogen (secondary N) is 3. The monoisotopic (exact) mass is 413 g/mol. The van der Waals surface area contributed by atoms with E-state index in [-0.39, 0.29) is 23.6 Å². The molecule has 1 amide bonds. The molecule has 2 aromatic rings. The highest BCUT2D eigenvalue weighted by atomic mass is 35.5. The summed E-state index contributed by atoms with van der Waals surface area (Å²) in [5.41, 5.74) is 2.46. The van der Waals surface area contributed by atoms with Gasteiger partial charge in [0.2, 0.25) is 0 Å². The van der Waals surface area contributed by atoms with Crippen LogP contribution in [0.2, 0.25) is 5.02 Å². The zero-order valence-corrected chi connectivity index (χ0v) is 17.3. The van der Waals surface area contributed by atoms with E-state index in [1.165, 1.54) is 6.07 Å². The Labute approximate surface area is 174 Å². The fourth-order valence-corrected chi connectivity index (χ4v) is 3.79. The molecule has 7 nitrogen and oxygen atoms in total. The van der Waals surface area contributed by atoms with Crippen molar-refractivity contribution in [1.29, 1.82) is 5.26 Å². The maximum Gasteiger partial charge on any atom is 0.251 e. The normalized spacial score (nSPS) is 13.2. The van der Waals surface area contributed by atoms with Crippen LogP contribution in [-0.2, 0) is 6.54 Å².